The molecule has 1 amide bonds. The van der Waals surface area contributed by atoms with Crippen molar-refractivity contribution in [1.82, 2.24) is 5.32 Å². The molecule has 0 aromatic heterocycles. The summed E-state index contributed by atoms with van der Waals surface area (Å²) in [6, 6.07) is 20.4. The molecular formula is C19H24N2O2. The molecule has 3 N–H and O–H groups in total. The smallest absolute Gasteiger partial charge is 0.222 e. The highest BCUT2D eigenvalue weighted by atomic mass is 16.5. The molecule has 0 fully saturated rings. The van der Waals surface area contributed by atoms with Crippen molar-refractivity contribution in [3.8, 4) is 0 Å². The third-order valence-electron chi connectivity index (χ3n) is 3.92. The summed E-state index contributed by atoms with van der Waals surface area (Å²) < 4.78 is 5.16. The van der Waals surface area contributed by atoms with Gasteiger partial charge in [-0.1, -0.05) is 60.7 Å². The Morgan fingerprint density at radius 3 is 2.00 bits per heavy atom. The molecule has 2 rings (SSSR count). The summed E-state index contributed by atoms with van der Waals surface area (Å²) in [5.74, 6) is 0.0828. The number of carbonyl (C=O) groups is 1. The first-order valence-corrected chi connectivity index (χ1v) is 7.84. The molecule has 1 atom stereocenters. The Morgan fingerprint density at radius 2 is 1.57 bits per heavy atom. The summed E-state index contributed by atoms with van der Waals surface area (Å²) in [4.78, 5) is 12.1. The van der Waals surface area contributed by atoms with E-state index in [2.05, 4.69) is 29.6 Å². The van der Waals surface area contributed by atoms with E-state index in [9.17, 15) is 4.79 Å². The summed E-state index contributed by atoms with van der Waals surface area (Å²) in [7, 11) is 1.57. The summed E-state index contributed by atoms with van der Waals surface area (Å²) in [6.45, 7) is 0.887. The first-order chi connectivity index (χ1) is 11.2. The highest BCUT2D eigenvalue weighted by Crippen LogP contribution is 2.23. The third kappa shape index (κ3) is 5.20. The van der Waals surface area contributed by atoms with Gasteiger partial charge in [0.15, 0.2) is 0 Å². The normalized spacial score (nSPS) is 12.1. The molecule has 0 radical (unpaired) electrons. The van der Waals surface area contributed by atoms with Gasteiger partial charge in [-0.15, -0.1) is 0 Å². The van der Waals surface area contributed by atoms with E-state index in [0.29, 0.717) is 13.1 Å². The maximum Gasteiger partial charge on any atom is 0.222 e. The number of carbonyl (C=O) groups excluding carboxylic acids is 1. The molecule has 0 aliphatic carbocycles. The molecule has 0 saturated carbocycles. The van der Waals surface area contributed by atoms with E-state index in [-0.39, 0.29) is 24.3 Å². The summed E-state index contributed by atoms with van der Waals surface area (Å²) >= 11 is 0. The van der Waals surface area contributed by atoms with Crippen molar-refractivity contribution in [3.63, 3.8) is 0 Å². The molecule has 122 valence electrons. The quantitative estimate of drug-likeness (QED) is 0.786. The molecule has 0 saturated heterocycles. The molecular weight excluding hydrogens is 288 g/mol. The van der Waals surface area contributed by atoms with Gasteiger partial charge in [-0.05, 0) is 11.1 Å². The first kappa shape index (κ1) is 17.2. The molecule has 0 spiro atoms. The topological polar surface area (TPSA) is 64.3 Å². The SMILES string of the molecule is COC(CN)CC(=O)NCC(c1ccccc1)c1ccccc1. The van der Waals surface area contributed by atoms with E-state index >= 15 is 0 Å². The Kier molecular flexibility index (Phi) is 6.78. The number of ether oxygens (including phenoxy) is 1. The van der Waals surface area contributed by atoms with Crippen LogP contribution in [0.4, 0.5) is 0 Å². The van der Waals surface area contributed by atoms with E-state index in [4.69, 9.17) is 10.5 Å². The Hall–Kier alpha value is -2.17. The number of amides is 1. The Morgan fingerprint density at radius 1 is 1.04 bits per heavy atom. The van der Waals surface area contributed by atoms with Gasteiger partial charge in [-0.25, -0.2) is 0 Å². The highest BCUT2D eigenvalue weighted by molar-refractivity contribution is 5.76. The number of methoxy groups -OCH3 is 1. The lowest BCUT2D eigenvalue weighted by Crippen LogP contribution is -2.34. The average Bonchev–Trinajstić information content (AvgIpc) is 2.61. The molecule has 4 heteroatoms. The van der Waals surface area contributed by atoms with E-state index in [1.807, 2.05) is 36.4 Å². The molecule has 2 aromatic rings. The van der Waals surface area contributed by atoms with Crippen LogP contribution in [0.3, 0.4) is 0 Å². The first-order valence-electron chi connectivity index (χ1n) is 7.84. The van der Waals surface area contributed by atoms with E-state index < -0.39 is 0 Å². The molecule has 2 aromatic carbocycles. The van der Waals surface area contributed by atoms with E-state index in [0.717, 1.165) is 0 Å². The minimum atomic E-state index is -0.234. The minimum Gasteiger partial charge on any atom is -0.380 e. The van der Waals surface area contributed by atoms with Crippen molar-refractivity contribution in [1.29, 1.82) is 0 Å². The molecule has 0 aliphatic heterocycles. The van der Waals surface area contributed by atoms with Crippen molar-refractivity contribution in [2.24, 2.45) is 5.73 Å². The van der Waals surface area contributed by atoms with Gasteiger partial charge in [0, 0.05) is 26.1 Å². The fourth-order valence-electron chi connectivity index (χ4n) is 2.56. The van der Waals surface area contributed by atoms with Crippen LogP contribution in [0.5, 0.6) is 0 Å². The lowest BCUT2D eigenvalue weighted by atomic mass is 9.91. The largest absolute Gasteiger partial charge is 0.380 e. The Labute approximate surface area is 137 Å². The van der Waals surface area contributed by atoms with Crippen LogP contribution in [0.2, 0.25) is 0 Å². The number of nitrogens with one attached hydrogen (secondary N) is 1. The van der Waals surface area contributed by atoms with Crippen LogP contribution in [0.1, 0.15) is 23.5 Å². The maximum absolute atomic E-state index is 12.1. The third-order valence-corrected chi connectivity index (χ3v) is 3.92. The lowest BCUT2D eigenvalue weighted by Gasteiger charge is -2.20. The minimum absolute atomic E-state index is 0.0424. The van der Waals surface area contributed by atoms with Crippen LogP contribution in [0.15, 0.2) is 60.7 Å². The zero-order valence-corrected chi connectivity index (χ0v) is 13.4. The fourth-order valence-corrected chi connectivity index (χ4v) is 2.56. The van der Waals surface area contributed by atoms with Crippen LogP contribution in [-0.2, 0) is 9.53 Å². The summed E-state index contributed by atoms with van der Waals surface area (Å²) in [5.41, 5.74) is 7.93. The molecule has 23 heavy (non-hydrogen) atoms. The van der Waals surface area contributed by atoms with Crippen LogP contribution in [0.25, 0.3) is 0 Å². The second-order valence-electron chi connectivity index (χ2n) is 5.48. The second kappa shape index (κ2) is 9.08. The number of benzene rings is 2. The molecule has 4 nitrogen and oxygen atoms in total. The fraction of sp³-hybridized carbons (Fsp3) is 0.316. The zero-order valence-electron chi connectivity index (χ0n) is 13.4. The van der Waals surface area contributed by atoms with Gasteiger partial charge in [0.25, 0.3) is 0 Å². The average molecular weight is 312 g/mol. The van der Waals surface area contributed by atoms with E-state index in [1.54, 1.807) is 7.11 Å². The molecule has 0 heterocycles. The van der Waals surface area contributed by atoms with Crippen LogP contribution < -0.4 is 11.1 Å². The Bertz CT molecular complexity index is 543. The van der Waals surface area contributed by atoms with Gasteiger partial charge >= 0.3 is 0 Å². The van der Waals surface area contributed by atoms with Gasteiger partial charge in [0.1, 0.15) is 0 Å². The van der Waals surface area contributed by atoms with Crippen molar-refractivity contribution >= 4 is 5.91 Å². The van der Waals surface area contributed by atoms with Gasteiger partial charge in [0.2, 0.25) is 5.91 Å². The monoisotopic (exact) mass is 312 g/mol. The molecule has 0 aliphatic rings. The van der Waals surface area contributed by atoms with Crippen molar-refractivity contribution in [2.45, 2.75) is 18.4 Å². The molecule has 1 unspecified atom stereocenters. The molecule has 0 bridgehead atoms. The van der Waals surface area contributed by atoms with E-state index in [1.165, 1.54) is 11.1 Å². The number of rotatable bonds is 8. The van der Waals surface area contributed by atoms with Crippen molar-refractivity contribution in [3.05, 3.63) is 71.8 Å². The van der Waals surface area contributed by atoms with Gasteiger partial charge < -0.3 is 15.8 Å². The van der Waals surface area contributed by atoms with Gasteiger partial charge in [-0.2, -0.15) is 0 Å². The van der Waals surface area contributed by atoms with Crippen molar-refractivity contribution < 1.29 is 9.53 Å². The standard InChI is InChI=1S/C19H24N2O2/c1-23-17(13-20)12-19(22)21-14-18(15-8-4-2-5-9-15)16-10-6-3-7-11-16/h2-11,17-18H,12-14,20H2,1H3,(H,21,22). The predicted molar refractivity (Wildman–Crippen MR) is 92.2 cm³/mol. The number of hydrogen-bond acceptors (Lipinski definition) is 3. The number of hydrogen-bond donors (Lipinski definition) is 2. The summed E-state index contributed by atoms with van der Waals surface area (Å²) in [6.07, 6.45) is 0.0467. The summed E-state index contributed by atoms with van der Waals surface area (Å²) in [5, 5.41) is 3.00. The maximum atomic E-state index is 12.1. The van der Waals surface area contributed by atoms with Crippen molar-refractivity contribution in [2.75, 3.05) is 20.2 Å². The number of nitrogens with two attached hydrogens (primary N) is 1. The second-order valence-corrected chi connectivity index (χ2v) is 5.48. The highest BCUT2D eigenvalue weighted by Gasteiger charge is 2.16. The predicted octanol–water partition coefficient (Wildman–Crippen LogP) is 2.30. The zero-order chi connectivity index (χ0) is 16.5. The van der Waals surface area contributed by atoms with Gasteiger partial charge in [-0.3, -0.25) is 4.79 Å². The van der Waals surface area contributed by atoms with Crippen LogP contribution >= 0.6 is 0 Å². The van der Waals surface area contributed by atoms with Crippen LogP contribution in [-0.4, -0.2) is 32.2 Å². The van der Waals surface area contributed by atoms with Gasteiger partial charge in [0.05, 0.1) is 12.5 Å². The Balaban J connectivity index is 2.06. The lowest BCUT2D eigenvalue weighted by molar-refractivity contribution is -0.123. The van der Waals surface area contributed by atoms with Crippen LogP contribution in [0, 0.1) is 0 Å².